The summed E-state index contributed by atoms with van der Waals surface area (Å²) in [7, 11) is -5.75. The molecule has 1 aliphatic heterocycles. The number of benzene rings is 1. The molecule has 0 saturated carbocycles. The van der Waals surface area contributed by atoms with Crippen molar-refractivity contribution in [3.8, 4) is 0 Å². The quantitative estimate of drug-likeness (QED) is 0.735. The van der Waals surface area contributed by atoms with Gasteiger partial charge in [-0.3, -0.25) is 9.69 Å². The van der Waals surface area contributed by atoms with Crippen LogP contribution in [0.4, 0.5) is 13.2 Å². The van der Waals surface area contributed by atoms with Gasteiger partial charge in [0.15, 0.2) is 5.03 Å². The van der Waals surface area contributed by atoms with Gasteiger partial charge in [0, 0.05) is 32.4 Å². The number of halogens is 3. The lowest BCUT2D eigenvalue weighted by atomic mass is 10.2. The summed E-state index contributed by atoms with van der Waals surface area (Å²) >= 11 is 0. The van der Waals surface area contributed by atoms with Crippen molar-refractivity contribution in [1.82, 2.24) is 15.2 Å². The molecule has 0 radical (unpaired) electrons. The largest absolute Gasteiger partial charge is 0.503 e. The average molecular weight is 443 g/mol. The highest BCUT2D eigenvalue weighted by Crippen LogP contribution is 2.30. The Kier molecular flexibility index (Phi) is 6.74. The highest BCUT2D eigenvalue weighted by Gasteiger charge is 2.49. The van der Waals surface area contributed by atoms with Crippen LogP contribution in [0.25, 0.3) is 0 Å². The number of nitrogens with one attached hydrogen (secondary N) is 1. The number of alkyl halides is 3. The number of ether oxygens (including phenoxy) is 1. The molecular formula is C19H20F3N3O4S. The lowest BCUT2D eigenvalue weighted by molar-refractivity contribution is -0.0438. The number of pyridine rings is 1. The van der Waals surface area contributed by atoms with Gasteiger partial charge in [-0.05, 0) is 17.7 Å². The van der Waals surface area contributed by atoms with Crippen molar-refractivity contribution in [3.05, 3.63) is 59.8 Å². The fourth-order valence-electron chi connectivity index (χ4n) is 3.08. The number of rotatable bonds is 6. The molecule has 7 nitrogen and oxygen atoms in total. The molecule has 1 aliphatic rings. The minimum Gasteiger partial charge on any atom is -0.374 e. The molecule has 0 spiro atoms. The molecule has 1 saturated heterocycles. The van der Waals surface area contributed by atoms with Crippen molar-refractivity contribution in [2.75, 3.05) is 26.2 Å². The van der Waals surface area contributed by atoms with Gasteiger partial charge in [0.05, 0.1) is 18.3 Å². The first-order chi connectivity index (χ1) is 14.2. The summed E-state index contributed by atoms with van der Waals surface area (Å²) in [6, 6.07) is 12.0. The Morgan fingerprint density at radius 1 is 1.20 bits per heavy atom. The maximum Gasteiger partial charge on any atom is 0.503 e. The van der Waals surface area contributed by atoms with Crippen molar-refractivity contribution in [2.45, 2.75) is 23.2 Å². The van der Waals surface area contributed by atoms with Gasteiger partial charge in [0.1, 0.15) is 0 Å². The molecule has 1 unspecified atom stereocenters. The van der Waals surface area contributed by atoms with E-state index in [4.69, 9.17) is 4.74 Å². The molecule has 1 fully saturated rings. The third-order valence-corrected chi connectivity index (χ3v) is 5.98. The maximum absolute atomic E-state index is 12.9. The number of carbonyl (C=O) groups is 1. The summed E-state index contributed by atoms with van der Waals surface area (Å²) in [6.45, 7) is 2.37. The number of aromatic nitrogens is 1. The van der Waals surface area contributed by atoms with E-state index >= 15 is 0 Å². The van der Waals surface area contributed by atoms with Crippen molar-refractivity contribution in [2.24, 2.45) is 0 Å². The van der Waals surface area contributed by atoms with Gasteiger partial charge in [-0.25, -0.2) is 13.4 Å². The lowest BCUT2D eigenvalue weighted by Crippen LogP contribution is -2.47. The van der Waals surface area contributed by atoms with E-state index in [2.05, 4.69) is 15.2 Å². The summed E-state index contributed by atoms with van der Waals surface area (Å²) in [5, 5.41) is 1.14. The number of morpholine rings is 1. The number of amides is 1. The number of hydrogen-bond donors (Lipinski definition) is 1. The van der Waals surface area contributed by atoms with Gasteiger partial charge in [-0.2, -0.15) is 13.2 Å². The van der Waals surface area contributed by atoms with E-state index in [-0.39, 0.29) is 12.6 Å². The van der Waals surface area contributed by atoms with E-state index in [0.29, 0.717) is 26.2 Å². The second-order valence-electron chi connectivity index (χ2n) is 6.73. The molecule has 3 rings (SSSR count). The Bertz CT molecular complexity index is 984. The van der Waals surface area contributed by atoms with Gasteiger partial charge in [0.25, 0.3) is 15.7 Å². The van der Waals surface area contributed by atoms with Gasteiger partial charge >= 0.3 is 5.51 Å². The van der Waals surface area contributed by atoms with Crippen molar-refractivity contribution < 1.29 is 31.1 Å². The number of hydrogen-bond acceptors (Lipinski definition) is 6. The molecule has 30 heavy (non-hydrogen) atoms. The van der Waals surface area contributed by atoms with Crippen molar-refractivity contribution >= 4 is 15.7 Å². The molecular weight excluding hydrogens is 423 g/mol. The Labute approximate surface area is 171 Å². The fourth-order valence-corrected chi connectivity index (χ4v) is 3.95. The zero-order chi connectivity index (χ0) is 21.8. The lowest BCUT2D eigenvalue weighted by Gasteiger charge is -2.33. The van der Waals surface area contributed by atoms with E-state index < -0.39 is 31.8 Å². The molecule has 1 amide bonds. The van der Waals surface area contributed by atoms with Crippen LogP contribution in [0, 0.1) is 0 Å². The molecule has 0 bridgehead atoms. The smallest absolute Gasteiger partial charge is 0.374 e. The summed E-state index contributed by atoms with van der Waals surface area (Å²) in [5.74, 6) is -0.963. The van der Waals surface area contributed by atoms with E-state index in [1.165, 1.54) is 6.07 Å². The van der Waals surface area contributed by atoms with E-state index in [9.17, 15) is 26.4 Å². The van der Waals surface area contributed by atoms with Crippen molar-refractivity contribution in [1.29, 1.82) is 0 Å². The van der Waals surface area contributed by atoms with E-state index in [0.717, 1.165) is 17.8 Å². The molecule has 2 heterocycles. The molecule has 2 aromatic rings. The molecule has 11 heteroatoms. The first kappa shape index (κ1) is 22.2. The van der Waals surface area contributed by atoms with Crippen LogP contribution in [0.3, 0.4) is 0 Å². The summed E-state index contributed by atoms with van der Waals surface area (Å²) in [5.41, 5.74) is -5.09. The van der Waals surface area contributed by atoms with Gasteiger partial charge in [0.2, 0.25) is 0 Å². The Morgan fingerprint density at radius 2 is 1.93 bits per heavy atom. The molecule has 0 aliphatic carbocycles. The van der Waals surface area contributed by atoms with Gasteiger partial charge in [-0.15, -0.1) is 0 Å². The molecule has 1 aromatic carbocycles. The first-order valence-corrected chi connectivity index (χ1v) is 10.6. The second-order valence-corrected chi connectivity index (χ2v) is 8.59. The average Bonchev–Trinajstić information content (AvgIpc) is 2.72. The Balaban J connectivity index is 1.64. The summed E-state index contributed by atoms with van der Waals surface area (Å²) < 4.78 is 67.6. The zero-order valence-electron chi connectivity index (χ0n) is 15.8. The van der Waals surface area contributed by atoms with Crippen LogP contribution in [0.5, 0.6) is 0 Å². The van der Waals surface area contributed by atoms with E-state index in [1.54, 1.807) is 0 Å². The monoisotopic (exact) mass is 443 g/mol. The van der Waals surface area contributed by atoms with Crippen LogP contribution in [-0.2, 0) is 21.1 Å². The Morgan fingerprint density at radius 3 is 2.63 bits per heavy atom. The normalized spacial score (nSPS) is 18.2. The van der Waals surface area contributed by atoms with Crippen LogP contribution in [0.2, 0.25) is 0 Å². The molecule has 162 valence electrons. The number of sulfone groups is 1. The minimum absolute atomic E-state index is 0.0184. The minimum atomic E-state index is -5.75. The highest BCUT2D eigenvalue weighted by molar-refractivity contribution is 7.92. The number of carbonyl (C=O) groups excluding carboxylic acids is 1. The van der Waals surface area contributed by atoms with E-state index in [1.807, 2.05) is 30.3 Å². The first-order valence-electron chi connectivity index (χ1n) is 9.11. The Hall–Kier alpha value is -2.50. The predicted molar refractivity (Wildman–Crippen MR) is 101 cm³/mol. The predicted octanol–water partition coefficient (Wildman–Crippen LogP) is 2.01. The van der Waals surface area contributed by atoms with Gasteiger partial charge in [-0.1, -0.05) is 30.3 Å². The number of nitrogens with zero attached hydrogens (tertiary/aromatic N) is 2. The van der Waals surface area contributed by atoms with Crippen LogP contribution < -0.4 is 5.32 Å². The second kappa shape index (κ2) is 9.11. The van der Waals surface area contributed by atoms with Crippen molar-refractivity contribution in [3.63, 3.8) is 0 Å². The third-order valence-electron chi connectivity index (χ3n) is 4.54. The standard InChI is InChI=1S/C19H20F3N3O4S/c20-19(21,22)30(27,28)18-16(7-4-8-23-18)17(26)24-11-15-13-25(9-10-29-15)12-14-5-2-1-3-6-14/h1-8,15H,9-13H2,(H,24,26). The van der Waals surface area contributed by atoms with Crippen LogP contribution >= 0.6 is 0 Å². The van der Waals surface area contributed by atoms with Crippen LogP contribution in [0.1, 0.15) is 15.9 Å². The third kappa shape index (κ3) is 5.15. The fraction of sp³-hybridized carbons (Fsp3) is 0.368. The summed E-state index contributed by atoms with van der Waals surface area (Å²) in [6.07, 6.45) is 0.506. The maximum atomic E-state index is 12.9. The summed E-state index contributed by atoms with van der Waals surface area (Å²) in [4.78, 5) is 17.8. The SMILES string of the molecule is O=C(NCC1CN(Cc2ccccc2)CCO1)c1cccnc1S(=O)(=O)C(F)(F)F. The molecule has 1 atom stereocenters. The van der Waals surface area contributed by atoms with Crippen LogP contribution in [0.15, 0.2) is 53.7 Å². The topological polar surface area (TPSA) is 88.6 Å². The molecule has 1 N–H and O–H groups in total. The zero-order valence-corrected chi connectivity index (χ0v) is 16.6. The van der Waals surface area contributed by atoms with Crippen LogP contribution in [-0.4, -0.2) is 62.1 Å². The van der Waals surface area contributed by atoms with Gasteiger partial charge < -0.3 is 10.1 Å². The highest BCUT2D eigenvalue weighted by atomic mass is 32.2. The molecule has 1 aromatic heterocycles.